The summed E-state index contributed by atoms with van der Waals surface area (Å²) >= 11 is 0. The van der Waals surface area contributed by atoms with Gasteiger partial charge < -0.3 is 40.1 Å². The van der Waals surface area contributed by atoms with Crippen molar-refractivity contribution in [1.29, 1.82) is 0 Å². The van der Waals surface area contributed by atoms with E-state index >= 15 is 0 Å². The zero-order chi connectivity index (χ0) is 26.4. The number of aliphatic carboxylic acids is 1. The fraction of sp³-hybridized carbons (Fsp3) is 0.231. The van der Waals surface area contributed by atoms with Crippen molar-refractivity contribution in [2.75, 3.05) is 6.54 Å². The van der Waals surface area contributed by atoms with Crippen LogP contribution in [-0.4, -0.2) is 61.4 Å². The third-order valence-electron chi connectivity index (χ3n) is 4.97. The van der Waals surface area contributed by atoms with E-state index in [1.54, 1.807) is 42.5 Å². The van der Waals surface area contributed by atoms with E-state index in [1.807, 2.05) is 0 Å². The van der Waals surface area contributed by atoms with Crippen LogP contribution in [0.2, 0.25) is 0 Å². The first kappa shape index (κ1) is 39.9. The molecule has 0 saturated carbocycles. The Morgan fingerprint density at radius 2 is 1.74 bits per heavy atom. The standard InChI is InChI=1S/C21H23N2O5S.C3H2O.CHO.CH3.2Li/c1-15-7-5-8-16(13-15)14-18(21(25)26)22-20(24)19-11-6-12-23(19)29(27,28)17-9-3-2-4-10-17;1-2-3-4;1-2;;;/h2-5,7-10,13,18-19H,1,6,11-12,14H2,(H,22,24)(H,25,26);1-2H;1H;1H3;;/q-1;-2;2*-1;2*+1/t18-,19-;;;;;/m0...../s1. The number of hydrogen-bond acceptors (Lipinski definition) is 6. The zero-order valence-corrected chi connectivity index (χ0v) is 22.7. The summed E-state index contributed by atoms with van der Waals surface area (Å²) in [5.74, 6) is -1.77. The van der Waals surface area contributed by atoms with Crippen LogP contribution < -0.4 is 43.0 Å². The number of rotatable bonds is 8. The fourth-order valence-corrected chi connectivity index (χ4v) is 5.16. The molecule has 1 amide bonds. The van der Waals surface area contributed by atoms with Crippen LogP contribution in [0.1, 0.15) is 24.0 Å². The van der Waals surface area contributed by atoms with E-state index in [1.165, 1.54) is 18.4 Å². The summed E-state index contributed by atoms with van der Waals surface area (Å²) in [4.78, 5) is 41.2. The Kier molecular flexibility index (Phi) is 21.4. The van der Waals surface area contributed by atoms with E-state index in [0.717, 1.165) is 21.5 Å². The second-order valence-electron chi connectivity index (χ2n) is 7.29. The van der Waals surface area contributed by atoms with Crippen molar-refractivity contribution in [2.24, 2.45) is 0 Å². The molecule has 1 saturated heterocycles. The molecule has 2 atom stereocenters. The minimum Gasteiger partial charge on any atom is -0.547 e. The Bertz CT molecular complexity index is 1110. The van der Waals surface area contributed by atoms with Gasteiger partial charge in [-0.3, -0.25) is 17.9 Å². The first-order valence-electron chi connectivity index (χ1n) is 10.4. The molecule has 196 valence electrons. The molecular weight excluding hydrogens is 498 g/mol. The van der Waals surface area contributed by atoms with Gasteiger partial charge in [0, 0.05) is 6.54 Å². The molecule has 2 aromatic rings. The number of hydrogen-bond donors (Lipinski definition) is 2. The van der Waals surface area contributed by atoms with Gasteiger partial charge >= 0.3 is 43.7 Å². The normalized spacial score (nSPS) is 14.6. The Balaban J connectivity index is -0.00000125. The van der Waals surface area contributed by atoms with E-state index < -0.39 is 34.0 Å². The molecule has 3 rings (SSSR count). The van der Waals surface area contributed by atoms with Crippen LogP contribution in [0.4, 0.5) is 0 Å². The van der Waals surface area contributed by atoms with E-state index in [2.05, 4.69) is 25.6 Å². The van der Waals surface area contributed by atoms with Crippen molar-refractivity contribution in [3.05, 3.63) is 92.7 Å². The molecule has 1 fully saturated rings. The molecule has 0 radical (unpaired) electrons. The van der Waals surface area contributed by atoms with Gasteiger partial charge in [0.15, 0.2) is 0 Å². The van der Waals surface area contributed by atoms with Crippen molar-refractivity contribution in [3.63, 3.8) is 0 Å². The molecule has 38 heavy (non-hydrogen) atoms. The summed E-state index contributed by atoms with van der Waals surface area (Å²) < 4.78 is 27.0. The van der Waals surface area contributed by atoms with Crippen LogP contribution in [0.5, 0.6) is 0 Å². The molecule has 0 aliphatic carbocycles. The molecule has 0 spiro atoms. The fourth-order valence-electron chi connectivity index (χ4n) is 3.48. The van der Waals surface area contributed by atoms with Gasteiger partial charge in [-0.1, -0.05) is 24.3 Å². The molecule has 1 aliphatic heterocycles. The average Bonchev–Trinajstić information content (AvgIpc) is 3.37. The third-order valence-corrected chi connectivity index (χ3v) is 6.89. The summed E-state index contributed by atoms with van der Waals surface area (Å²) in [5.41, 5.74) is 1.47. The molecule has 2 N–H and O–H groups in total. The van der Waals surface area contributed by atoms with Crippen LogP contribution in [0, 0.1) is 20.9 Å². The summed E-state index contributed by atoms with van der Waals surface area (Å²) in [6.45, 7) is 11.8. The molecule has 0 aromatic heterocycles. The van der Waals surface area contributed by atoms with Gasteiger partial charge in [0.25, 0.3) is 0 Å². The van der Waals surface area contributed by atoms with Gasteiger partial charge in [-0.25, -0.2) is 13.2 Å². The smallest absolute Gasteiger partial charge is 0.547 e. The van der Waals surface area contributed by atoms with Crippen LogP contribution >= 0.6 is 0 Å². The van der Waals surface area contributed by atoms with E-state index in [4.69, 9.17) is 9.59 Å². The number of carbonyl (C=O) groups is 2. The topological polar surface area (TPSA) is 138 Å². The maximum absolute atomic E-state index is 12.9. The average molecular weight is 527 g/mol. The zero-order valence-electron chi connectivity index (χ0n) is 21.9. The summed E-state index contributed by atoms with van der Waals surface area (Å²) in [5, 5.41) is 12.1. The van der Waals surface area contributed by atoms with E-state index in [-0.39, 0.29) is 63.0 Å². The molecule has 1 aliphatic rings. The van der Waals surface area contributed by atoms with Gasteiger partial charge in [-0.2, -0.15) is 28.9 Å². The Morgan fingerprint density at radius 3 is 2.24 bits per heavy atom. The van der Waals surface area contributed by atoms with E-state index in [9.17, 15) is 23.1 Å². The number of nitrogens with zero attached hydrogens (tertiary/aromatic N) is 1. The molecular formula is C26H29Li2N2O7S-3. The van der Waals surface area contributed by atoms with Crippen LogP contribution in [0.25, 0.3) is 0 Å². The van der Waals surface area contributed by atoms with Crippen molar-refractivity contribution in [2.45, 2.75) is 36.2 Å². The number of benzene rings is 2. The predicted octanol–water partition coefficient (Wildman–Crippen LogP) is -3.90. The monoisotopic (exact) mass is 527 g/mol. The molecule has 9 nitrogen and oxygen atoms in total. The Hall–Kier alpha value is -2.57. The minimum atomic E-state index is -3.84. The van der Waals surface area contributed by atoms with Crippen molar-refractivity contribution < 1.29 is 70.4 Å². The largest absolute Gasteiger partial charge is 1.00 e. The Labute approximate surface area is 249 Å². The SMILES string of the molecule is [CH-]=C[C-]=O.[CH-]=O.[CH2-]c1cccc(C[C@H](NC(=O)[C@@H]2CCCN2S(=O)(=O)c2ccccc2)C(=O)O)c1.[CH3-].[Li+].[Li+]. The molecule has 1 heterocycles. The first-order valence-corrected chi connectivity index (χ1v) is 11.8. The van der Waals surface area contributed by atoms with Crippen molar-refractivity contribution in [1.82, 2.24) is 9.62 Å². The van der Waals surface area contributed by atoms with Crippen molar-refractivity contribution in [3.8, 4) is 0 Å². The van der Waals surface area contributed by atoms with Gasteiger partial charge in [0.05, 0.1) is 4.90 Å². The summed E-state index contributed by atoms with van der Waals surface area (Å²) in [7, 11) is -3.84. The molecule has 12 heteroatoms. The number of nitrogens with one attached hydrogen (secondary N) is 1. The minimum absolute atomic E-state index is 0. The number of carboxylic acid groups (broad SMARTS) is 1. The number of allylic oxidation sites excluding steroid dienone is 1. The van der Waals surface area contributed by atoms with Crippen LogP contribution in [0.3, 0.4) is 0 Å². The predicted molar refractivity (Wildman–Crippen MR) is 135 cm³/mol. The Morgan fingerprint density at radius 1 is 1.16 bits per heavy atom. The maximum Gasteiger partial charge on any atom is 1.00 e. The number of sulfonamides is 1. The van der Waals surface area contributed by atoms with Crippen molar-refractivity contribution >= 4 is 35.0 Å². The molecule has 2 aromatic carbocycles. The van der Waals surface area contributed by atoms with Crippen LogP contribution in [-0.2, 0) is 35.6 Å². The number of carboxylic acids is 1. The molecule has 0 bridgehead atoms. The van der Waals surface area contributed by atoms with Gasteiger partial charge in [-0.05, 0) is 31.4 Å². The molecule has 0 unspecified atom stereocenters. The number of amides is 1. The maximum atomic E-state index is 12.9. The summed E-state index contributed by atoms with van der Waals surface area (Å²) in [6, 6.07) is 12.9. The third kappa shape index (κ3) is 11.9. The van der Waals surface area contributed by atoms with Gasteiger partial charge in [-0.15, -0.1) is 11.6 Å². The quantitative estimate of drug-likeness (QED) is 0.155. The first-order chi connectivity index (χ1) is 16.7. The second-order valence-corrected chi connectivity index (χ2v) is 9.19. The van der Waals surface area contributed by atoms with Gasteiger partial charge in [0.2, 0.25) is 15.9 Å². The van der Waals surface area contributed by atoms with Gasteiger partial charge in [0.1, 0.15) is 12.1 Å². The summed E-state index contributed by atoms with van der Waals surface area (Å²) in [6.07, 6.45) is 3.12. The number of carbonyl (C=O) groups excluding carboxylic acids is 3. The van der Waals surface area contributed by atoms with Crippen LogP contribution in [0.15, 0.2) is 65.6 Å². The van der Waals surface area contributed by atoms with E-state index in [0.29, 0.717) is 12.8 Å². The second kappa shape index (κ2) is 20.4.